The summed E-state index contributed by atoms with van der Waals surface area (Å²) in [6.07, 6.45) is 4.72. The Hall–Kier alpha value is -1.82. The van der Waals surface area contributed by atoms with Crippen LogP contribution in [0.3, 0.4) is 0 Å². The zero-order valence-electron chi connectivity index (χ0n) is 15.0. The molecule has 0 radical (unpaired) electrons. The van der Waals surface area contributed by atoms with Crippen molar-refractivity contribution in [3.63, 3.8) is 0 Å². The van der Waals surface area contributed by atoms with Gasteiger partial charge in [0.1, 0.15) is 0 Å². The summed E-state index contributed by atoms with van der Waals surface area (Å²) < 4.78 is 5.70. The molecule has 0 unspecified atom stereocenters. The van der Waals surface area contributed by atoms with E-state index in [1.807, 2.05) is 38.1 Å². The van der Waals surface area contributed by atoms with Crippen LogP contribution >= 0.6 is 11.8 Å². The number of thioether (sulfide) groups is 1. The summed E-state index contributed by atoms with van der Waals surface area (Å²) in [4.78, 5) is 12.5. The Morgan fingerprint density at radius 1 is 1.24 bits per heavy atom. The van der Waals surface area contributed by atoms with Gasteiger partial charge in [0, 0.05) is 11.6 Å². The molecule has 0 bridgehead atoms. The molecule has 134 valence electrons. The zero-order valence-corrected chi connectivity index (χ0v) is 15.8. The van der Waals surface area contributed by atoms with E-state index in [9.17, 15) is 4.79 Å². The number of rotatable bonds is 5. The fourth-order valence-electron chi connectivity index (χ4n) is 3.11. The van der Waals surface area contributed by atoms with Crippen molar-refractivity contribution in [2.45, 2.75) is 63.0 Å². The van der Waals surface area contributed by atoms with Gasteiger partial charge >= 0.3 is 0 Å². The second-order valence-corrected chi connectivity index (χ2v) is 8.17. The molecule has 1 aromatic carbocycles. The molecule has 3 rings (SSSR count). The Labute approximate surface area is 153 Å². The van der Waals surface area contributed by atoms with Gasteiger partial charge in [0.25, 0.3) is 5.22 Å². The Morgan fingerprint density at radius 3 is 2.68 bits per heavy atom. The smallest absolute Gasteiger partial charge is 0.277 e. The number of hydrogen-bond acceptors (Lipinski definition) is 5. The van der Waals surface area contributed by atoms with Crippen LogP contribution in [0.2, 0.25) is 0 Å². The Kier molecular flexibility index (Phi) is 5.78. The van der Waals surface area contributed by atoms with Gasteiger partial charge in [-0.15, -0.1) is 10.2 Å². The summed E-state index contributed by atoms with van der Waals surface area (Å²) in [6.45, 7) is 6.13. The van der Waals surface area contributed by atoms with Crippen LogP contribution in [0, 0.1) is 12.8 Å². The molecule has 3 atom stereocenters. The molecule has 1 amide bonds. The van der Waals surface area contributed by atoms with Gasteiger partial charge in [0.2, 0.25) is 11.8 Å². The topological polar surface area (TPSA) is 68.0 Å². The molecule has 0 spiro atoms. The lowest BCUT2D eigenvalue weighted by Gasteiger charge is -2.30. The molecular formula is C19H25N3O2S. The number of amides is 1. The molecular weight excluding hydrogens is 334 g/mol. The van der Waals surface area contributed by atoms with Gasteiger partial charge in [0.05, 0.1) is 5.25 Å². The Balaban J connectivity index is 1.58. The molecule has 1 heterocycles. The van der Waals surface area contributed by atoms with Crippen molar-refractivity contribution in [3.8, 4) is 11.5 Å². The van der Waals surface area contributed by atoms with Gasteiger partial charge < -0.3 is 9.73 Å². The molecule has 0 aliphatic heterocycles. The maximum atomic E-state index is 12.5. The van der Waals surface area contributed by atoms with E-state index in [0.29, 0.717) is 17.0 Å². The largest absolute Gasteiger partial charge is 0.411 e. The molecule has 1 aliphatic carbocycles. The first-order valence-corrected chi connectivity index (χ1v) is 9.78. The SMILES string of the molecule is Cc1ccc(-c2nnc(S[C@H](C)C(=O)N[C@@H]3CCCC[C@@H]3C)o2)cc1. The quantitative estimate of drug-likeness (QED) is 0.810. The number of carbonyl (C=O) groups is 1. The van der Waals surface area contributed by atoms with E-state index >= 15 is 0 Å². The van der Waals surface area contributed by atoms with Crippen LogP contribution in [0.4, 0.5) is 0 Å². The molecule has 1 N–H and O–H groups in total. The maximum Gasteiger partial charge on any atom is 0.277 e. The van der Waals surface area contributed by atoms with E-state index in [-0.39, 0.29) is 17.2 Å². The van der Waals surface area contributed by atoms with Crippen molar-refractivity contribution in [2.75, 3.05) is 0 Å². The Morgan fingerprint density at radius 2 is 1.96 bits per heavy atom. The van der Waals surface area contributed by atoms with Crippen molar-refractivity contribution >= 4 is 17.7 Å². The minimum atomic E-state index is -0.263. The van der Waals surface area contributed by atoms with Crippen molar-refractivity contribution in [1.29, 1.82) is 0 Å². The Bertz CT molecular complexity index is 714. The molecule has 2 aromatic rings. The third kappa shape index (κ3) is 4.63. The van der Waals surface area contributed by atoms with Crippen LogP contribution in [0.5, 0.6) is 0 Å². The summed E-state index contributed by atoms with van der Waals surface area (Å²) in [7, 11) is 0. The van der Waals surface area contributed by atoms with E-state index in [1.165, 1.54) is 36.6 Å². The molecule has 25 heavy (non-hydrogen) atoms. The molecule has 5 nitrogen and oxygen atoms in total. The highest BCUT2D eigenvalue weighted by Crippen LogP contribution is 2.28. The minimum Gasteiger partial charge on any atom is -0.411 e. The van der Waals surface area contributed by atoms with Crippen LogP contribution < -0.4 is 5.32 Å². The number of aryl methyl sites for hydroxylation is 1. The minimum absolute atomic E-state index is 0.0406. The van der Waals surface area contributed by atoms with Crippen LogP contribution in [0.15, 0.2) is 33.9 Å². The number of nitrogens with zero attached hydrogens (tertiary/aromatic N) is 2. The van der Waals surface area contributed by atoms with Crippen molar-refractivity contribution in [1.82, 2.24) is 15.5 Å². The zero-order chi connectivity index (χ0) is 17.8. The van der Waals surface area contributed by atoms with Gasteiger partial charge in [0.15, 0.2) is 0 Å². The maximum absolute atomic E-state index is 12.5. The molecule has 1 aliphatic rings. The number of aromatic nitrogens is 2. The standard InChI is InChI=1S/C19H25N3O2S/c1-12-8-10-15(11-9-12)18-21-22-19(24-18)25-14(3)17(23)20-16-7-5-4-6-13(16)2/h8-11,13-14,16H,4-7H2,1-3H3,(H,20,23)/t13-,14+,16+/m0/s1. The van der Waals surface area contributed by atoms with E-state index < -0.39 is 0 Å². The molecule has 1 saturated carbocycles. The van der Waals surface area contributed by atoms with Gasteiger partial charge in [-0.1, -0.05) is 49.2 Å². The van der Waals surface area contributed by atoms with Gasteiger partial charge in [-0.3, -0.25) is 4.79 Å². The highest BCUT2D eigenvalue weighted by atomic mass is 32.2. The summed E-state index contributed by atoms with van der Waals surface area (Å²) >= 11 is 1.31. The first-order valence-electron chi connectivity index (χ1n) is 8.90. The van der Waals surface area contributed by atoms with Gasteiger partial charge in [-0.05, 0) is 44.7 Å². The van der Waals surface area contributed by atoms with Crippen LogP contribution in [-0.4, -0.2) is 27.4 Å². The van der Waals surface area contributed by atoms with Crippen LogP contribution in [0.1, 0.15) is 45.1 Å². The number of benzene rings is 1. The summed E-state index contributed by atoms with van der Waals surface area (Å²) in [5, 5.41) is 11.5. The van der Waals surface area contributed by atoms with E-state index in [0.717, 1.165) is 12.0 Å². The fraction of sp³-hybridized carbons (Fsp3) is 0.526. The number of carbonyl (C=O) groups excluding carboxylic acids is 1. The molecule has 1 aromatic heterocycles. The van der Waals surface area contributed by atoms with E-state index in [4.69, 9.17) is 4.42 Å². The average molecular weight is 359 g/mol. The third-order valence-electron chi connectivity index (χ3n) is 4.79. The molecule has 1 fully saturated rings. The summed E-state index contributed by atoms with van der Waals surface area (Å²) in [5.41, 5.74) is 2.07. The molecule has 0 saturated heterocycles. The van der Waals surface area contributed by atoms with Crippen molar-refractivity contribution < 1.29 is 9.21 Å². The van der Waals surface area contributed by atoms with Crippen molar-refractivity contribution in [3.05, 3.63) is 29.8 Å². The summed E-state index contributed by atoms with van der Waals surface area (Å²) in [6, 6.07) is 8.22. The predicted molar refractivity (Wildman–Crippen MR) is 99.4 cm³/mol. The number of nitrogens with one attached hydrogen (secondary N) is 1. The average Bonchev–Trinajstić information content (AvgIpc) is 3.06. The third-order valence-corrected chi connectivity index (χ3v) is 5.73. The van der Waals surface area contributed by atoms with Gasteiger partial charge in [-0.2, -0.15) is 0 Å². The van der Waals surface area contributed by atoms with Crippen LogP contribution in [0.25, 0.3) is 11.5 Å². The first-order chi connectivity index (χ1) is 12.0. The highest BCUT2D eigenvalue weighted by molar-refractivity contribution is 8.00. The van der Waals surface area contributed by atoms with Gasteiger partial charge in [-0.25, -0.2) is 0 Å². The predicted octanol–water partition coefficient (Wildman–Crippen LogP) is 4.22. The highest BCUT2D eigenvalue weighted by Gasteiger charge is 2.26. The van der Waals surface area contributed by atoms with Crippen LogP contribution in [-0.2, 0) is 4.79 Å². The lowest BCUT2D eigenvalue weighted by Crippen LogP contribution is -2.44. The molecule has 6 heteroatoms. The second kappa shape index (κ2) is 8.04. The monoisotopic (exact) mass is 359 g/mol. The fourth-order valence-corrected chi connectivity index (χ4v) is 3.80. The normalized spacial score (nSPS) is 21.7. The lowest BCUT2D eigenvalue weighted by molar-refractivity contribution is -0.121. The first kappa shape index (κ1) is 18.0. The van der Waals surface area contributed by atoms with E-state index in [1.54, 1.807) is 0 Å². The van der Waals surface area contributed by atoms with E-state index in [2.05, 4.69) is 22.4 Å². The lowest BCUT2D eigenvalue weighted by atomic mass is 9.86. The van der Waals surface area contributed by atoms with Crippen molar-refractivity contribution in [2.24, 2.45) is 5.92 Å². The summed E-state index contributed by atoms with van der Waals surface area (Å²) in [5.74, 6) is 1.07. The second-order valence-electron chi connectivity index (χ2n) is 6.88. The number of hydrogen-bond donors (Lipinski definition) is 1.